The summed E-state index contributed by atoms with van der Waals surface area (Å²) in [6.45, 7) is 1.51. The summed E-state index contributed by atoms with van der Waals surface area (Å²) in [6.07, 6.45) is 3.11. The van der Waals surface area contributed by atoms with E-state index in [0.717, 1.165) is 48.6 Å². The van der Waals surface area contributed by atoms with Crippen molar-refractivity contribution in [2.45, 2.75) is 24.5 Å². The normalized spacial score (nSPS) is 19.1. The average molecular weight is 481 g/mol. The number of benzene rings is 2. The van der Waals surface area contributed by atoms with Crippen LogP contribution >= 0.6 is 23.2 Å². The molecule has 2 aromatic heterocycles. The highest BCUT2D eigenvalue weighted by molar-refractivity contribution is 6.44. The Morgan fingerprint density at radius 3 is 2.64 bits per heavy atom. The molecule has 7 nitrogen and oxygen atoms in total. The highest BCUT2D eigenvalue weighted by atomic mass is 35.5. The van der Waals surface area contributed by atoms with E-state index in [0.29, 0.717) is 26.9 Å². The second-order valence-electron chi connectivity index (χ2n) is 8.60. The van der Waals surface area contributed by atoms with Gasteiger partial charge in [-0.1, -0.05) is 53.5 Å². The predicted octanol–water partition coefficient (Wildman–Crippen LogP) is 4.72. The van der Waals surface area contributed by atoms with Crippen molar-refractivity contribution in [3.63, 3.8) is 0 Å². The number of hydrogen-bond acceptors (Lipinski definition) is 6. The van der Waals surface area contributed by atoms with E-state index in [-0.39, 0.29) is 11.6 Å². The Labute approximate surface area is 200 Å². The first-order valence-corrected chi connectivity index (χ1v) is 11.6. The number of nitrogens with two attached hydrogens (primary N) is 2. The van der Waals surface area contributed by atoms with E-state index >= 15 is 0 Å². The van der Waals surface area contributed by atoms with Crippen molar-refractivity contribution < 1.29 is 4.74 Å². The van der Waals surface area contributed by atoms with E-state index in [4.69, 9.17) is 39.4 Å². The van der Waals surface area contributed by atoms with Crippen LogP contribution in [0.3, 0.4) is 0 Å². The monoisotopic (exact) mass is 480 g/mol. The van der Waals surface area contributed by atoms with Gasteiger partial charge < -0.3 is 21.1 Å². The Morgan fingerprint density at radius 1 is 1.06 bits per heavy atom. The SMILES string of the molecule is Nc1cc(N2CCC3(CC2)Oc2ccccc2C3N)n2ncnc2c1-c1cccc(Cl)c1Cl. The molecule has 1 unspecified atom stereocenters. The summed E-state index contributed by atoms with van der Waals surface area (Å²) in [5.74, 6) is 1.77. The van der Waals surface area contributed by atoms with Crippen LogP contribution in [-0.4, -0.2) is 33.3 Å². The molecular formula is C24H22Cl2N6O. The van der Waals surface area contributed by atoms with E-state index in [1.807, 2.05) is 40.9 Å². The molecule has 4 aromatic rings. The van der Waals surface area contributed by atoms with E-state index in [2.05, 4.69) is 21.0 Å². The molecule has 6 rings (SSSR count). The Balaban J connectivity index is 1.34. The first-order chi connectivity index (χ1) is 16.0. The van der Waals surface area contributed by atoms with Crippen molar-refractivity contribution in [3.8, 4) is 16.9 Å². The molecule has 2 aliphatic rings. The number of ether oxygens (including phenoxy) is 1. The van der Waals surface area contributed by atoms with Crippen LogP contribution in [0.1, 0.15) is 24.4 Å². The number of pyridine rings is 1. The van der Waals surface area contributed by atoms with Gasteiger partial charge in [0.25, 0.3) is 0 Å². The van der Waals surface area contributed by atoms with Gasteiger partial charge >= 0.3 is 0 Å². The lowest BCUT2D eigenvalue weighted by atomic mass is 9.83. The van der Waals surface area contributed by atoms with Crippen molar-refractivity contribution in [1.29, 1.82) is 0 Å². The molecule has 2 aliphatic heterocycles. The fourth-order valence-corrected chi connectivity index (χ4v) is 5.50. The van der Waals surface area contributed by atoms with Crippen molar-refractivity contribution >= 4 is 40.4 Å². The third kappa shape index (κ3) is 3.07. The second-order valence-corrected chi connectivity index (χ2v) is 9.38. The predicted molar refractivity (Wildman–Crippen MR) is 131 cm³/mol. The third-order valence-corrected chi connectivity index (χ3v) is 7.67. The molecule has 1 spiro atoms. The lowest BCUT2D eigenvalue weighted by molar-refractivity contribution is 0.0430. The minimum Gasteiger partial charge on any atom is -0.485 e. The van der Waals surface area contributed by atoms with Gasteiger partial charge in [0.15, 0.2) is 5.65 Å². The molecule has 0 amide bonds. The number of aromatic nitrogens is 3. The molecule has 168 valence electrons. The highest BCUT2D eigenvalue weighted by Gasteiger charge is 2.48. The van der Waals surface area contributed by atoms with Crippen LogP contribution in [0, 0.1) is 0 Å². The molecule has 0 aliphatic carbocycles. The molecule has 1 atom stereocenters. The summed E-state index contributed by atoms with van der Waals surface area (Å²) in [4.78, 5) is 6.75. The first-order valence-electron chi connectivity index (χ1n) is 10.8. The van der Waals surface area contributed by atoms with Gasteiger partial charge in [0.2, 0.25) is 0 Å². The van der Waals surface area contributed by atoms with Crippen LogP contribution in [0.25, 0.3) is 16.8 Å². The van der Waals surface area contributed by atoms with Crippen LogP contribution < -0.4 is 21.1 Å². The molecule has 1 saturated heterocycles. The lowest BCUT2D eigenvalue weighted by Crippen LogP contribution is -2.51. The molecule has 0 saturated carbocycles. The van der Waals surface area contributed by atoms with Crippen molar-refractivity contribution in [2.75, 3.05) is 23.7 Å². The summed E-state index contributed by atoms with van der Waals surface area (Å²) < 4.78 is 8.20. The van der Waals surface area contributed by atoms with Gasteiger partial charge in [0.1, 0.15) is 23.5 Å². The minimum absolute atomic E-state index is 0.139. The molecule has 2 aromatic carbocycles. The molecule has 0 bridgehead atoms. The van der Waals surface area contributed by atoms with Crippen LogP contribution in [0.15, 0.2) is 54.9 Å². The van der Waals surface area contributed by atoms with Gasteiger partial charge in [-0.05, 0) is 12.1 Å². The molecule has 1 fully saturated rings. The third-order valence-electron chi connectivity index (χ3n) is 6.85. The molecule has 9 heteroatoms. The zero-order chi connectivity index (χ0) is 22.7. The maximum atomic E-state index is 6.63. The van der Waals surface area contributed by atoms with E-state index in [1.54, 1.807) is 6.07 Å². The van der Waals surface area contributed by atoms with Crippen LogP contribution in [0.4, 0.5) is 11.5 Å². The lowest BCUT2D eigenvalue weighted by Gasteiger charge is -2.41. The Hall–Kier alpha value is -3.00. The van der Waals surface area contributed by atoms with Crippen LogP contribution in [-0.2, 0) is 0 Å². The Morgan fingerprint density at radius 2 is 1.85 bits per heavy atom. The van der Waals surface area contributed by atoms with Crippen molar-refractivity contribution in [2.24, 2.45) is 5.73 Å². The van der Waals surface area contributed by atoms with Gasteiger partial charge in [-0.25, -0.2) is 4.98 Å². The fourth-order valence-electron chi connectivity index (χ4n) is 5.10. The number of fused-ring (bicyclic) bond motifs is 2. The number of halogens is 2. The second kappa shape index (κ2) is 7.52. The average Bonchev–Trinajstić information content (AvgIpc) is 3.40. The topological polar surface area (TPSA) is 94.7 Å². The fraction of sp³-hybridized carbons (Fsp3) is 0.250. The van der Waals surface area contributed by atoms with E-state index in [1.165, 1.54) is 6.33 Å². The van der Waals surface area contributed by atoms with Crippen LogP contribution in [0.5, 0.6) is 5.75 Å². The zero-order valence-electron chi connectivity index (χ0n) is 17.7. The molecule has 33 heavy (non-hydrogen) atoms. The molecule has 4 heterocycles. The number of nitrogens with zero attached hydrogens (tertiary/aromatic N) is 4. The van der Waals surface area contributed by atoms with Gasteiger partial charge in [0.05, 0.1) is 21.7 Å². The Kier molecular flexibility index (Phi) is 4.69. The number of piperidine rings is 1. The highest BCUT2D eigenvalue weighted by Crippen LogP contribution is 2.47. The molecule has 0 radical (unpaired) electrons. The molecular weight excluding hydrogens is 459 g/mol. The number of hydrogen-bond donors (Lipinski definition) is 2. The summed E-state index contributed by atoms with van der Waals surface area (Å²) in [5.41, 5.74) is 16.5. The van der Waals surface area contributed by atoms with E-state index < -0.39 is 0 Å². The summed E-state index contributed by atoms with van der Waals surface area (Å²) in [7, 11) is 0. The van der Waals surface area contributed by atoms with Gasteiger partial charge in [0, 0.05) is 48.8 Å². The largest absolute Gasteiger partial charge is 0.485 e. The Bertz CT molecular complexity index is 1380. The number of para-hydroxylation sites is 1. The van der Waals surface area contributed by atoms with E-state index in [9.17, 15) is 0 Å². The maximum Gasteiger partial charge on any atom is 0.167 e. The van der Waals surface area contributed by atoms with Gasteiger partial charge in [-0.2, -0.15) is 9.61 Å². The number of anilines is 2. The van der Waals surface area contributed by atoms with Crippen LogP contribution in [0.2, 0.25) is 10.0 Å². The smallest absolute Gasteiger partial charge is 0.167 e. The van der Waals surface area contributed by atoms with Gasteiger partial charge in [-0.15, -0.1) is 0 Å². The standard InChI is InChI=1S/C24H22Cl2N6O/c25-16-6-3-5-15(21(16)26)20-17(27)12-19(32-23(20)29-13-30-32)31-10-8-24(9-11-31)22(28)14-4-1-2-7-18(14)33-24/h1-7,12-13,22H,8-11,27-28H2. The number of rotatable bonds is 2. The summed E-state index contributed by atoms with van der Waals surface area (Å²) in [6, 6.07) is 15.3. The maximum absolute atomic E-state index is 6.63. The quantitative estimate of drug-likeness (QED) is 0.431. The zero-order valence-corrected chi connectivity index (χ0v) is 19.2. The number of nitrogen functional groups attached to an aromatic ring is 1. The first kappa shape index (κ1) is 20.6. The minimum atomic E-state index is -0.387. The van der Waals surface area contributed by atoms with Crippen molar-refractivity contribution in [3.05, 3.63) is 70.5 Å². The molecule has 4 N–H and O–H groups in total. The van der Waals surface area contributed by atoms with Crippen molar-refractivity contribution in [1.82, 2.24) is 14.6 Å². The summed E-state index contributed by atoms with van der Waals surface area (Å²) in [5, 5.41) is 5.39. The summed E-state index contributed by atoms with van der Waals surface area (Å²) >= 11 is 12.7. The van der Waals surface area contributed by atoms with Gasteiger partial charge in [-0.3, -0.25) is 0 Å².